The number of anilines is 2. The summed E-state index contributed by atoms with van der Waals surface area (Å²) in [6, 6.07) is 18.0. The summed E-state index contributed by atoms with van der Waals surface area (Å²) < 4.78 is 1.69. The first-order valence-corrected chi connectivity index (χ1v) is 15.0. The zero-order chi connectivity index (χ0) is 30.6. The number of benzene rings is 2. The number of piperazine rings is 1. The molecule has 0 bridgehead atoms. The number of urea groups is 1. The van der Waals surface area contributed by atoms with Crippen LogP contribution in [-0.2, 0) is 13.6 Å². The number of likely N-dealkylation sites (N-methyl/N-ethyl adjacent to an activating group) is 1. The molecule has 1 atom stereocenters. The van der Waals surface area contributed by atoms with Crippen LogP contribution in [0.25, 0.3) is 22.3 Å². The van der Waals surface area contributed by atoms with Gasteiger partial charge in [-0.15, -0.1) is 0 Å². The molecule has 4 heterocycles. The van der Waals surface area contributed by atoms with Gasteiger partial charge < -0.3 is 26.2 Å². The number of likely N-dealkylation sites (tertiary alicyclic amines) is 1. The predicted octanol–water partition coefficient (Wildman–Crippen LogP) is 3.51. The Morgan fingerprint density at radius 2 is 1.59 bits per heavy atom. The van der Waals surface area contributed by atoms with Crippen molar-refractivity contribution in [3.8, 4) is 22.3 Å². The summed E-state index contributed by atoms with van der Waals surface area (Å²) in [4.78, 5) is 36.9. The van der Waals surface area contributed by atoms with Crippen LogP contribution in [-0.4, -0.2) is 93.8 Å². The zero-order valence-corrected chi connectivity index (χ0v) is 25.2. The number of pyridine rings is 1. The molecule has 2 aromatic carbocycles. The molecular formula is C33H39N9O2. The van der Waals surface area contributed by atoms with E-state index in [9.17, 15) is 9.59 Å². The standard InChI is InChI=1S/C33H39N9O2/c1-39-13-15-41(16-14-39)20-23-3-5-24(6-4-23)25-7-9-28(10-8-25)38-33(44)42-12-11-29(22-42)37-32(43)30-17-26(18-35-31(30)34)27-19-36-40(2)21-27/h3-10,17-19,21,29H,11-16,20,22H2,1-2H3,(H2,34,35)(H,37,43)(H,38,44)/t29-/m1/s1. The Kier molecular flexibility index (Phi) is 8.58. The first kappa shape index (κ1) is 29.3. The number of rotatable bonds is 7. The third kappa shape index (κ3) is 6.90. The molecule has 2 fully saturated rings. The van der Waals surface area contributed by atoms with E-state index in [4.69, 9.17) is 5.73 Å². The molecule has 2 saturated heterocycles. The Balaban J connectivity index is 0.999. The van der Waals surface area contributed by atoms with Crippen molar-refractivity contribution in [3.05, 3.63) is 84.3 Å². The summed E-state index contributed by atoms with van der Waals surface area (Å²) in [7, 11) is 4.00. The Morgan fingerprint density at radius 3 is 2.27 bits per heavy atom. The van der Waals surface area contributed by atoms with E-state index in [1.807, 2.05) is 37.5 Å². The van der Waals surface area contributed by atoms with E-state index in [2.05, 4.69) is 61.8 Å². The number of nitrogens with two attached hydrogens (primary N) is 1. The van der Waals surface area contributed by atoms with E-state index in [-0.39, 0.29) is 23.8 Å². The molecule has 0 saturated carbocycles. The van der Waals surface area contributed by atoms with Crippen LogP contribution < -0.4 is 16.4 Å². The van der Waals surface area contributed by atoms with Crippen LogP contribution in [0.3, 0.4) is 0 Å². The molecule has 228 valence electrons. The van der Waals surface area contributed by atoms with Crippen molar-refractivity contribution in [2.75, 3.05) is 57.4 Å². The fourth-order valence-corrected chi connectivity index (χ4v) is 5.73. The minimum Gasteiger partial charge on any atom is -0.383 e. The van der Waals surface area contributed by atoms with E-state index in [0.717, 1.165) is 60.7 Å². The number of hydrogen-bond acceptors (Lipinski definition) is 7. The van der Waals surface area contributed by atoms with Crippen molar-refractivity contribution in [1.29, 1.82) is 0 Å². The van der Waals surface area contributed by atoms with Gasteiger partial charge in [-0.3, -0.25) is 14.4 Å². The highest BCUT2D eigenvalue weighted by atomic mass is 16.2. The number of nitrogens with one attached hydrogen (secondary N) is 2. The molecule has 11 heteroatoms. The highest BCUT2D eigenvalue weighted by molar-refractivity contribution is 5.99. The van der Waals surface area contributed by atoms with Crippen molar-refractivity contribution < 1.29 is 9.59 Å². The summed E-state index contributed by atoms with van der Waals surface area (Å²) in [5.74, 6) is -0.149. The van der Waals surface area contributed by atoms with Crippen LogP contribution in [0.15, 0.2) is 73.2 Å². The largest absolute Gasteiger partial charge is 0.383 e. The van der Waals surface area contributed by atoms with Crippen LogP contribution in [0, 0.1) is 0 Å². The molecule has 44 heavy (non-hydrogen) atoms. The van der Waals surface area contributed by atoms with E-state index in [1.165, 1.54) is 5.56 Å². The van der Waals surface area contributed by atoms with Gasteiger partial charge in [-0.05, 0) is 48.4 Å². The Labute approximate surface area is 257 Å². The molecule has 2 aliphatic heterocycles. The molecule has 4 N–H and O–H groups in total. The number of nitrogen functional groups attached to an aromatic ring is 1. The number of carbonyl (C=O) groups excluding carboxylic acids is 2. The van der Waals surface area contributed by atoms with Gasteiger partial charge in [0.25, 0.3) is 5.91 Å². The van der Waals surface area contributed by atoms with Crippen LogP contribution >= 0.6 is 0 Å². The van der Waals surface area contributed by atoms with E-state index >= 15 is 0 Å². The molecule has 2 aromatic heterocycles. The van der Waals surface area contributed by atoms with Crippen LogP contribution in [0.4, 0.5) is 16.3 Å². The van der Waals surface area contributed by atoms with Gasteiger partial charge in [-0.25, -0.2) is 9.78 Å². The third-order valence-electron chi connectivity index (χ3n) is 8.44. The van der Waals surface area contributed by atoms with Gasteiger partial charge in [-0.1, -0.05) is 36.4 Å². The van der Waals surface area contributed by atoms with Gasteiger partial charge in [0.2, 0.25) is 0 Å². The van der Waals surface area contributed by atoms with Gasteiger partial charge in [0.05, 0.1) is 11.8 Å². The molecule has 6 rings (SSSR count). The fourth-order valence-electron chi connectivity index (χ4n) is 5.73. The molecule has 4 aromatic rings. The Morgan fingerprint density at radius 1 is 0.886 bits per heavy atom. The predicted molar refractivity (Wildman–Crippen MR) is 172 cm³/mol. The molecular weight excluding hydrogens is 554 g/mol. The SMILES string of the molecule is CN1CCN(Cc2ccc(-c3ccc(NC(=O)N4CC[C@@H](NC(=O)c5cc(-c6cnn(C)c6)cnc5N)C4)cc3)cc2)CC1. The van der Waals surface area contributed by atoms with Crippen molar-refractivity contribution in [3.63, 3.8) is 0 Å². The molecule has 2 aliphatic rings. The second-order valence-electron chi connectivity index (χ2n) is 11.7. The summed E-state index contributed by atoms with van der Waals surface area (Å²) in [5, 5.41) is 10.2. The van der Waals surface area contributed by atoms with Gasteiger partial charge in [0.1, 0.15) is 5.82 Å². The van der Waals surface area contributed by atoms with Crippen LogP contribution in [0.5, 0.6) is 0 Å². The summed E-state index contributed by atoms with van der Waals surface area (Å²) in [6.45, 7) is 6.37. The van der Waals surface area contributed by atoms with Crippen LogP contribution in [0.2, 0.25) is 0 Å². The van der Waals surface area contributed by atoms with Crippen molar-refractivity contribution in [1.82, 2.24) is 34.8 Å². The summed E-state index contributed by atoms with van der Waals surface area (Å²) >= 11 is 0. The number of carbonyl (C=O) groups is 2. The minimum absolute atomic E-state index is 0.160. The second-order valence-corrected chi connectivity index (χ2v) is 11.7. The minimum atomic E-state index is -0.309. The van der Waals surface area contributed by atoms with E-state index in [1.54, 1.807) is 28.0 Å². The van der Waals surface area contributed by atoms with Gasteiger partial charge >= 0.3 is 6.03 Å². The van der Waals surface area contributed by atoms with E-state index < -0.39 is 0 Å². The first-order valence-electron chi connectivity index (χ1n) is 15.0. The topological polar surface area (TPSA) is 125 Å². The lowest BCUT2D eigenvalue weighted by atomic mass is 10.0. The number of aryl methyl sites for hydroxylation is 1. The maximum atomic E-state index is 13.1. The fraction of sp³-hybridized carbons (Fsp3) is 0.333. The average Bonchev–Trinajstić information content (AvgIpc) is 3.68. The summed E-state index contributed by atoms with van der Waals surface area (Å²) in [5.41, 5.74) is 12.2. The zero-order valence-electron chi connectivity index (χ0n) is 25.2. The quantitative estimate of drug-likeness (QED) is 0.300. The molecule has 0 unspecified atom stereocenters. The molecule has 3 amide bonds. The molecule has 0 radical (unpaired) electrons. The molecule has 0 spiro atoms. The number of amides is 3. The Hall–Kier alpha value is -4.74. The molecule has 11 nitrogen and oxygen atoms in total. The van der Waals surface area contributed by atoms with Gasteiger partial charge in [0.15, 0.2) is 0 Å². The highest BCUT2D eigenvalue weighted by Gasteiger charge is 2.28. The van der Waals surface area contributed by atoms with Crippen molar-refractivity contribution >= 4 is 23.4 Å². The van der Waals surface area contributed by atoms with Crippen molar-refractivity contribution in [2.45, 2.75) is 19.0 Å². The van der Waals surface area contributed by atoms with Gasteiger partial charge in [-0.2, -0.15) is 5.10 Å². The highest BCUT2D eigenvalue weighted by Crippen LogP contribution is 2.24. The number of hydrogen-bond donors (Lipinski definition) is 3. The maximum absolute atomic E-state index is 13.1. The first-order chi connectivity index (χ1) is 21.3. The average molecular weight is 594 g/mol. The normalized spacial score (nSPS) is 17.5. The number of aromatic nitrogens is 3. The lowest BCUT2D eigenvalue weighted by Crippen LogP contribution is -2.43. The number of nitrogens with zero attached hydrogens (tertiary/aromatic N) is 6. The summed E-state index contributed by atoms with van der Waals surface area (Å²) in [6.07, 6.45) is 5.84. The molecule has 0 aliphatic carbocycles. The lowest BCUT2D eigenvalue weighted by molar-refractivity contribution is 0.0938. The van der Waals surface area contributed by atoms with E-state index in [0.29, 0.717) is 25.1 Å². The van der Waals surface area contributed by atoms with Gasteiger partial charge in [0, 0.05) is 88.1 Å². The smallest absolute Gasteiger partial charge is 0.321 e. The second kappa shape index (κ2) is 12.9. The monoisotopic (exact) mass is 593 g/mol. The Bertz CT molecular complexity index is 1610. The lowest BCUT2D eigenvalue weighted by Gasteiger charge is -2.32. The third-order valence-corrected chi connectivity index (χ3v) is 8.44. The van der Waals surface area contributed by atoms with Crippen LogP contribution in [0.1, 0.15) is 22.3 Å². The van der Waals surface area contributed by atoms with Crippen molar-refractivity contribution in [2.24, 2.45) is 7.05 Å². The maximum Gasteiger partial charge on any atom is 0.321 e.